The van der Waals surface area contributed by atoms with Crippen molar-refractivity contribution < 1.29 is 8.42 Å². The lowest BCUT2D eigenvalue weighted by atomic mass is 9.83. The summed E-state index contributed by atoms with van der Waals surface area (Å²) in [5, 5.41) is -0.307. The van der Waals surface area contributed by atoms with Crippen LogP contribution >= 0.6 is 10.7 Å². The molecule has 2 nitrogen and oxygen atoms in total. The van der Waals surface area contributed by atoms with Crippen molar-refractivity contribution in [2.24, 2.45) is 11.8 Å². The van der Waals surface area contributed by atoms with Crippen molar-refractivity contribution in [3.05, 3.63) is 0 Å². The van der Waals surface area contributed by atoms with Gasteiger partial charge in [-0.1, -0.05) is 13.8 Å². The normalized spacial score (nSPS) is 38.1. The van der Waals surface area contributed by atoms with Crippen molar-refractivity contribution in [2.45, 2.75) is 38.4 Å². The summed E-state index contributed by atoms with van der Waals surface area (Å²) in [7, 11) is 2.00. The molecule has 4 heteroatoms. The first-order chi connectivity index (χ1) is 5.39. The third-order valence-corrected chi connectivity index (χ3v) is 4.47. The monoisotopic (exact) mass is 210 g/mol. The summed E-state index contributed by atoms with van der Waals surface area (Å²) in [6.45, 7) is 4.18. The molecule has 0 aromatic rings. The van der Waals surface area contributed by atoms with E-state index in [1.54, 1.807) is 0 Å². The van der Waals surface area contributed by atoms with E-state index in [2.05, 4.69) is 13.8 Å². The highest BCUT2D eigenvalue weighted by molar-refractivity contribution is 8.14. The Morgan fingerprint density at radius 2 is 1.50 bits per heavy atom. The fraction of sp³-hybridized carbons (Fsp3) is 1.00. The van der Waals surface area contributed by atoms with Crippen LogP contribution in [0, 0.1) is 11.8 Å². The molecule has 0 aromatic heterocycles. The zero-order chi connectivity index (χ0) is 9.35. The van der Waals surface area contributed by atoms with Gasteiger partial charge in [0.05, 0.1) is 5.25 Å². The van der Waals surface area contributed by atoms with Crippen LogP contribution < -0.4 is 0 Å². The van der Waals surface area contributed by atoms with E-state index in [0.717, 1.165) is 19.3 Å². The van der Waals surface area contributed by atoms with Crippen LogP contribution in [0.2, 0.25) is 0 Å². The topological polar surface area (TPSA) is 34.1 Å². The lowest BCUT2D eigenvalue weighted by Gasteiger charge is -2.29. The Bertz CT molecular complexity index is 238. The van der Waals surface area contributed by atoms with Gasteiger partial charge in [0.15, 0.2) is 0 Å². The second-order valence-electron chi connectivity index (χ2n) is 4.02. The molecule has 1 saturated carbocycles. The summed E-state index contributed by atoms with van der Waals surface area (Å²) in [5.74, 6) is 0.986. The van der Waals surface area contributed by atoms with Crippen molar-refractivity contribution in [2.75, 3.05) is 0 Å². The smallest absolute Gasteiger partial charge is 0.212 e. The van der Waals surface area contributed by atoms with E-state index in [1.807, 2.05) is 0 Å². The van der Waals surface area contributed by atoms with Gasteiger partial charge >= 0.3 is 0 Å². The fourth-order valence-electron chi connectivity index (χ4n) is 2.10. The maximum Gasteiger partial charge on any atom is 0.235 e. The van der Waals surface area contributed by atoms with Gasteiger partial charge in [-0.2, -0.15) is 0 Å². The third-order valence-electron chi connectivity index (χ3n) is 2.53. The molecule has 0 saturated heterocycles. The molecule has 0 aliphatic heterocycles. The Kier molecular flexibility index (Phi) is 3.05. The van der Waals surface area contributed by atoms with Crippen LogP contribution in [0.4, 0.5) is 0 Å². The molecule has 1 rings (SSSR count). The number of rotatable bonds is 1. The van der Waals surface area contributed by atoms with Crippen LogP contribution in [-0.4, -0.2) is 13.7 Å². The van der Waals surface area contributed by atoms with Gasteiger partial charge in [0.2, 0.25) is 9.05 Å². The molecule has 72 valence electrons. The summed E-state index contributed by atoms with van der Waals surface area (Å²) in [5.41, 5.74) is 0. The zero-order valence-corrected chi connectivity index (χ0v) is 9.03. The first-order valence-corrected chi connectivity index (χ1v) is 6.70. The molecule has 0 radical (unpaired) electrons. The van der Waals surface area contributed by atoms with Crippen molar-refractivity contribution in [1.29, 1.82) is 0 Å². The van der Waals surface area contributed by atoms with E-state index in [-0.39, 0.29) is 5.25 Å². The molecule has 1 aliphatic carbocycles. The average Bonchev–Trinajstić information content (AvgIpc) is 1.82. The average molecular weight is 211 g/mol. The predicted molar refractivity (Wildman–Crippen MR) is 50.7 cm³/mol. The summed E-state index contributed by atoms with van der Waals surface area (Å²) < 4.78 is 22.1. The van der Waals surface area contributed by atoms with Gasteiger partial charge in [-0.05, 0) is 31.1 Å². The van der Waals surface area contributed by atoms with Gasteiger partial charge in [0, 0.05) is 10.7 Å². The third kappa shape index (κ3) is 2.63. The molecule has 0 bridgehead atoms. The van der Waals surface area contributed by atoms with E-state index >= 15 is 0 Å². The molecule has 2 atom stereocenters. The Morgan fingerprint density at radius 1 is 1.08 bits per heavy atom. The molecular formula is C8H15ClO2S. The quantitative estimate of drug-likeness (QED) is 0.623. The van der Waals surface area contributed by atoms with E-state index in [0.29, 0.717) is 11.8 Å². The van der Waals surface area contributed by atoms with E-state index in [9.17, 15) is 8.42 Å². The Hall–Kier alpha value is 0.240. The minimum atomic E-state index is -3.32. The van der Waals surface area contributed by atoms with Crippen LogP contribution in [-0.2, 0) is 9.05 Å². The number of hydrogen-bond acceptors (Lipinski definition) is 2. The fourth-order valence-corrected chi connectivity index (χ4v) is 3.66. The first kappa shape index (κ1) is 10.3. The molecule has 2 unspecified atom stereocenters. The SMILES string of the molecule is CC1CC(C)CC(S(=O)(=O)Cl)C1. The predicted octanol–water partition coefficient (Wildman–Crippen LogP) is 2.38. The molecule has 1 aliphatic rings. The first-order valence-electron chi connectivity index (χ1n) is 4.33. The lowest BCUT2D eigenvalue weighted by molar-refractivity contribution is 0.303. The van der Waals surface area contributed by atoms with Crippen molar-refractivity contribution >= 4 is 19.7 Å². The minimum Gasteiger partial charge on any atom is -0.212 e. The van der Waals surface area contributed by atoms with Crippen LogP contribution in [0.15, 0.2) is 0 Å². The van der Waals surface area contributed by atoms with E-state index in [4.69, 9.17) is 10.7 Å². The second-order valence-corrected chi connectivity index (χ2v) is 6.92. The molecule has 12 heavy (non-hydrogen) atoms. The van der Waals surface area contributed by atoms with Gasteiger partial charge in [0.1, 0.15) is 0 Å². The molecule has 0 amide bonds. The van der Waals surface area contributed by atoms with Crippen molar-refractivity contribution in [3.8, 4) is 0 Å². The van der Waals surface area contributed by atoms with Gasteiger partial charge in [-0.25, -0.2) is 8.42 Å². The van der Waals surface area contributed by atoms with Gasteiger partial charge in [-0.15, -0.1) is 0 Å². The Balaban J connectivity index is 2.68. The summed E-state index contributed by atoms with van der Waals surface area (Å²) in [6, 6.07) is 0. The van der Waals surface area contributed by atoms with Crippen LogP contribution in [0.25, 0.3) is 0 Å². The molecule has 0 N–H and O–H groups in total. The molecule has 0 aromatic carbocycles. The zero-order valence-electron chi connectivity index (χ0n) is 7.46. The maximum absolute atomic E-state index is 11.0. The number of hydrogen-bond donors (Lipinski definition) is 0. The highest BCUT2D eigenvalue weighted by atomic mass is 35.7. The van der Waals surface area contributed by atoms with Gasteiger partial charge < -0.3 is 0 Å². The number of halogens is 1. The largest absolute Gasteiger partial charge is 0.235 e. The lowest BCUT2D eigenvalue weighted by Crippen LogP contribution is -2.28. The standard InChI is InChI=1S/C8H15ClO2S/c1-6-3-7(2)5-8(4-6)12(9,10)11/h6-8H,3-5H2,1-2H3. The van der Waals surface area contributed by atoms with Crippen LogP contribution in [0.5, 0.6) is 0 Å². The molecule has 0 heterocycles. The summed E-state index contributed by atoms with van der Waals surface area (Å²) in [4.78, 5) is 0. The van der Waals surface area contributed by atoms with Crippen molar-refractivity contribution in [3.63, 3.8) is 0 Å². The van der Waals surface area contributed by atoms with Crippen LogP contribution in [0.3, 0.4) is 0 Å². The van der Waals surface area contributed by atoms with Crippen molar-refractivity contribution in [1.82, 2.24) is 0 Å². The van der Waals surface area contributed by atoms with Gasteiger partial charge in [0.25, 0.3) is 0 Å². The van der Waals surface area contributed by atoms with Gasteiger partial charge in [-0.3, -0.25) is 0 Å². The Morgan fingerprint density at radius 3 is 1.83 bits per heavy atom. The summed E-state index contributed by atoms with van der Waals surface area (Å²) >= 11 is 0. The molecule has 1 fully saturated rings. The van der Waals surface area contributed by atoms with Crippen LogP contribution in [0.1, 0.15) is 33.1 Å². The summed E-state index contributed by atoms with van der Waals surface area (Å²) in [6.07, 6.45) is 2.59. The van der Waals surface area contributed by atoms with E-state index < -0.39 is 9.05 Å². The molecular weight excluding hydrogens is 196 g/mol. The van der Waals surface area contributed by atoms with E-state index in [1.165, 1.54) is 0 Å². The Labute approximate surface area is 78.7 Å². The highest BCUT2D eigenvalue weighted by Crippen LogP contribution is 2.33. The minimum absolute atomic E-state index is 0.307. The maximum atomic E-state index is 11.0. The molecule has 0 spiro atoms. The highest BCUT2D eigenvalue weighted by Gasteiger charge is 2.31. The second kappa shape index (κ2) is 3.54.